The molecule has 112 valence electrons. The topological polar surface area (TPSA) is 81.4 Å². The van der Waals surface area contributed by atoms with Gasteiger partial charge in [-0.05, 0) is 19.1 Å². The molecule has 1 aromatic carbocycles. The zero-order chi connectivity index (χ0) is 15.4. The number of nitrogens with zero attached hydrogens (tertiary/aromatic N) is 2. The summed E-state index contributed by atoms with van der Waals surface area (Å²) in [6, 6.07) is 5.52. The van der Waals surface area contributed by atoms with E-state index in [2.05, 4.69) is 4.98 Å². The maximum Gasteiger partial charge on any atom is 0.303 e. The first-order valence-corrected chi connectivity index (χ1v) is 6.75. The molecule has 0 bridgehead atoms. The normalized spacial score (nSPS) is 10.8. The third-order valence-electron chi connectivity index (χ3n) is 3.28. The average molecular weight is 290 g/mol. The predicted octanol–water partition coefficient (Wildman–Crippen LogP) is 2.04. The molecule has 0 aliphatic heterocycles. The van der Waals surface area contributed by atoms with E-state index in [1.54, 1.807) is 14.0 Å². The Labute approximate surface area is 122 Å². The number of hydrogen-bond donors (Lipinski definition) is 1. The highest BCUT2D eigenvalue weighted by molar-refractivity contribution is 5.79. The van der Waals surface area contributed by atoms with Gasteiger partial charge in [-0.2, -0.15) is 0 Å². The standard InChI is InChI=1S/C15H18N2O4/c1-10(18)7-8-17-13-4-3-11(21-2)9-12(13)16-14(17)5-6-15(19)20/h3-4,9H,5-8H2,1-2H3,(H,19,20). The minimum absolute atomic E-state index is 0.0144. The van der Waals surface area contributed by atoms with Gasteiger partial charge in [0.1, 0.15) is 17.4 Å². The molecule has 21 heavy (non-hydrogen) atoms. The van der Waals surface area contributed by atoms with Crippen LogP contribution < -0.4 is 4.74 Å². The molecular weight excluding hydrogens is 272 g/mol. The number of benzene rings is 1. The second kappa shape index (κ2) is 6.39. The molecule has 2 rings (SSSR count). The summed E-state index contributed by atoms with van der Waals surface area (Å²) in [5, 5.41) is 8.83. The Hall–Kier alpha value is -2.37. The zero-order valence-electron chi connectivity index (χ0n) is 12.1. The van der Waals surface area contributed by atoms with Crippen molar-refractivity contribution < 1.29 is 19.4 Å². The lowest BCUT2D eigenvalue weighted by atomic mass is 10.2. The molecule has 6 nitrogen and oxygen atoms in total. The number of rotatable bonds is 7. The lowest BCUT2D eigenvalue weighted by Gasteiger charge is -2.07. The Kier molecular flexibility index (Phi) is 4.57. The number of carbonyl (C=O) groups is 2. The monoisotopic (exact) mass is 290 g/mol. The van der Waals surface area contributed by atoms with E-state index < -0.39 is 5.97 Å². The molecule has 1 N–H and O–H groups in total. The molecule has 6 heteroatoms. The van der Waals surface area contributed by atoms with Gasteiger partial charge in [0, 0.05) is 25.5 Å². The molecule has 0 saturated heterocycles. The van der Waals surface area contributed by atoms with E-state index in [9.17, 15) is 9.59 Å². The average Bonchev–Trinajstić information content (AvgIpc) is 2.79. The van der Waals surface area contributed by atoms with Crippen LogP contribution in [0, 0.1) is 0 Å². The number of aryl methyl sites for hydroxylation is 2. The number of carbonyl (C=O) groups excluding carboxylic acids is 1. The fourth-order valence-corrected chi connectivity index (χ4v) is 2.21. The summed E-state index contributed by atoms with van der Waals surface area (Å²) < 4.78 is 7.09. The van der Waals surface area contributed by atoms with Crippen LogP contribution in [0.3, 0.4) is 0 Å². The van der Waals surface area contributed by atoms with Gasteiger partial charge in [-0.3, -0.25) is 9.59 Å². The number of aliphatic carboxylic acids is 1. The molecule has 0 aliphatic carbocycles. The van der Waals surface area contributed by atoms with Crippen molar-refractivity contribution in [3.63, 3.8) is 0 Å². The van der Waals surface area contributed by atoms with Gasteiger partial charge in [-0.25, -0.2) is 4.98 Å². The van der Waals surface area contributed by atoms with Gasteiger partial charge in [0.2, 0.25) is 0 Å². The van der Waals surface area contributed by atoms with Crippen LogP contribution >= 0.6 is 0 Å². The number of fused-ring (bicyclic) bond motifs is 1. The predicted molar refractivity (Wildman–Crippen MR) is 77.5 cm³/mol. The number of hydrogen-bond acceptors (Lipinski definition) is 4. The van der Waals surface area contributed by atoms with Gasteiger partial charge in [0.15, 0.2) is 0 Å². The van der Waals surface area contributed by atoms with Crippen molar-refractivity contribution in [2.75, 3.05) is 7.11 Å². The first-order chi connectivity index (χ1) is 10.0. The van der Waals surface area contributed by atoms with Crippen molar-refractivity contribution in [1.29, 1.82) is 0 Å². The Morgan fingerprint density at radius 1 is 1.33 bits per heavy atom. The quantitative estimate of drug-likeness (QED) is 0.844. The Morgan fingerprint density at radius 3 is 2.71 bits per heavy atom. The molecule has 2 aromatic rings. The van der Waals surface area contributed by atoms with Gasteiger partial charge >= 0.3 is 5.97 Å². The molecule has 0 unspecified atom stereocenters. The van der Waals surface area contributed by atoms with Crippen molar-refractivity contribution in [2.45, 2.75) is 32.7 Å². The first-order valence-electron chi connectivity index (χ1n) is 6.75. The number of methoxy groups -OCH3 is 1. The summed E-state index contributed by atoms with van der Waals surface area (Å²) in [6.45, 7) is 2.05. The second-order valence-electron chi connectivity index (χ2n) is 4.88. The Bertz CT molecular complexity index is 676. The maximum atomic E-state index is 11.2. The lowest BCUT2D eigenvalue weighted by Crippen LogP contribution is -2.09. The van der Waals surface area contributed by atoms with Gasteiger partial charge in [-0.1, -0.05) is 0 Å². The van der Waals surface area contributed by atoms with E-state index in [4.69, 9.17) is 9.84 Å². The molecule has 0 fully saturated rings. The van der Waals surface area contributed by atoms with Crippen molar-refractivity contribution >= 4 is 22.8 Å². The third kappa shape index (κ3) is 3.59. The Balaban J connectivity index is 2.39. The van der Waals surface area contributed by atoms with Crippen LogP contribution in [-0.4, -0.2) is 33.5 Å². The molecule has 0 radical (unpaired) electrons. The molecule has 0 saturated carbocycles. The highest BCUT2D eigenvalue weighted by Crippen LogP contribution is 2.23. The molecular formula is C15H18N2O4. The van der Waals surface area contributed by atoms with E-state index in [1.807, 2.05) is 22.8 Å². The fraction of sp³-hybridized carbons (Fsp3) is 0.400. The number of carboxylic acids is 1. The van der Waals surface area contributed by atoms with Gasteiger partial charge < -0.3 is 14.4 Å². The van der Waals surface area contributed by atoms with Gasteiger partial charge in [0.05, 0.1) is 24.6 Å². The minimum atomic E-state index is -0.863. The Morgan fingerprint density at radius 2 is 2.10 bits per heavy atom. The van der Waals surface area contributed by atoms with Crippen molar-refractivity contribution in [2.24, 2.45) is 0 Å². The van der Waals surface area contributed by atoms with Gasteiger partial charge in [-0.15, -0.1) is 0 Å². The van der Waals surface area contributed by atoms with Crippen LogP contribution in [0.15, 0.2) is 18.2 Å². The van der Waals surface area contributed by atoms with Crippen molar-refractivity contribution in [1.82, 2.24) is 9.55 Å². The molecule has 0 aliphatic rings. The van der Waals surface area contributed by atoms with E-state index in [0.29, 0.717) is 31.0 Å². The van der Waals surface area contributed by atoms with Gasteiger partial charge in [0.25, 0.3) is 0 Å². The number of imidazole rings is 1. The number of Topliss-reactive ketones (excluding diaryl/α,β-unsaturated/α-hetero) is 1. The largest absolute Gasteiger partial charge is 0.497 e. The SMILES string of the molecule is COc1ccc2c(c1)nc(CCC(=O)O)n2CCC(C)=O. The van der Waals surface area contributed by atoms with Crippen LogP contribution in [-0.2, 0) is 22.6 Å². The minimum Gasteiger partial charge on any atom is -0.497 e. The maximum absolute atomic E-state index is 11.2. The number of aromatic nitrogens is 2. The lowest BCUT2D eigenvalue weighted by molar-refractivity contribution is -0.137. The fourth-order valence-electron chi connectivity index (χ4n) is 2.21. The van der Waals surface area contributed by atoms with E-state index in [1.165, 1.54) is 0 Å². The highest BCUT2D eigenvalue weighted by atomic mass is 16.5. The number of ketones is 1. The summed E-state index contributed by atoms with van der Waals surface area (Å²) in [6.07, 6.45) is 0.752. The number of ether oxygens (including phenoxy) is 1. The highest BCUT2D eigenvalue weighted by Gasteiger charge is 2.13. The zero-order valence-corrected chi connectivity index (χ0v) is 12.1. The smallest absolute Gasteiger partial charge is 0.303 e. The summed E-state index contributed by atoms with van der Waals surface area (Å²) in [7, 11) is 1.58. The van der Waals surface area contributed by atoms with Crippen molar-refractivity contribution in [3.8, 4) is 5.75 Å². The molecule has 1 aromatic heterocycles. The summed E-state index contributed by atoms with van der Waals surface area (Å²) in [5.74, 6) is 0.609. The molecule has 1 heterocycles. The molecule has 0 spiro atoms. The van der Waals surface area contributed by atoms with E-state index in [-0.39, 0.29) is 12.2 Å². The second-order valence-corrected chi connectivity index (χ2v) is 4.88. The van der Waals surface area contributed by atoms with Crippen LogP contribution in [0.2, 0.25) is 0 Å². The van der Waals surface area contributed by atoms with Crippen LogP contribution in [0.4, 0.5) is 0 Å². The summed E-state index contributed by atoms with van der Waals surface area (Å²) in [5.41, 5.74) is 1.63. The van der Waals surface area contributed by atoms with E-state index in [0.717, 1.165) is 11.0 Å². The summed E-state index contributed by atoms with van der Waals surface area (Å²) in [4.78, 5) is 26.4. The molecule has 0 atom stereocenters. The van der Waals surface area contributed by atoms with Crippen LogP contribution in [0.5, 0.6) is 5.75 Å². The third-order valence-corrected chi connectivity index (χ3v) is 3.28. The van der Waals surface area contributed by atoms with Crippen LogP contribution in [0.1, 0.15) is 25.6 Å². The number of carboxylic acid groups (broad SMARTS) is 1. The first kappa shape index (κ1) is 15.0. The van der Waals surface area contributed by atoms with Crippen LogP contribution in [0.25, 0.3) is 11.0 Å². The molecule has 0 amide bonds. The van der Waals surface area contributed by atoms with Crippen molar-refractivity contribution in [3.05, 3.63) is 24.0 Å². The summed E-state index contributed by atoms with van der Waals surface area (Å²) >= 11 is 0. The van der Waals surface area contributed by atoms with E-state index >= 15 is 0 Å².